The van der Waals surface area contributed by atoms with Crippen LogP contribution in [-0.2, 0) is 11.3 Å². The highest BCUT2D eigenvalue weighted by molar-refractivity contribution is 5.95. The molecule has 1 aromatic carbocycles. The third-order valence-corrected chi connectivity index (χ3v) is 3.66. The van der Waals surface area contributed by atoms with Crippen molar-refractivity contribution in [3.05, 3.63) is 60.2 Å². The van der Waals surface area contributed by atoms with Gasteiger partial charge in [0.25, 0.3) is 5.91 Å². The molecule has 0 unspecified atom stereocenters. The van der Waals surface area contributed by atoms with Crippen molar-refractivity contribution in [2.45, 2.75) is 6.54 Å². The second kappa shape index (κ2) is 8.09. The number of nitrogens with one attached hydrogen (secondary N) is 1. The zero-order valence-electron chi connectivity index (χ0n) is 14.5. The number of pyridine rings is 1. The van der Waals surface area contributed by atoms with Gasteiger partial charge in [0.05, 0.1) is 6.54 Å². The quantitative estimate of drug-likeness (QED) is 0.649. The fraction of sp³-hybridized carbons (Fsp3) is 0.167. The number of nitrogens with zero attached hydrogens (tertiary/aromatic N) is 4. The van der Waals surface area contributed by atoms with Gasteiger partial charge in [-0.15, -0.1) is 0 Å². The van der Waals surface area contributed by atoms with E-state index in [0.29, 0.717) is 23.0 Å². The second-order valence-electron chi connectivity index (χ2n) is 5.74. The lowest BCUT2D eigenvalue weighted by Gasteiger charge is -2.15. The lowest BCUT2D eigenvalue weighted by atomic mass is 10.1. The maximum absolute atomic E-state index is 12.6. The molecule has 0 spiro atoms. The predicted octanol–water partition coefficient (Wildman–Crippen LogP) is 1.90. The van der Waals surface area contributed by atoms with Crippen molar-refractivity contribution in [2.75, 3.05) is 18.9 Å². The Hall–Kier alpha value is -3.75. The number of amides is 1. The number of carboxylic acids is 1. The number of benzene rings is 1. The molecule has 0 fully saturated rings. The van der Waals surface area contributed by atoms with E-state index < -0.39 is 5.97 Å². The molecule has 0 aliphatic heterocycles. The van der Waals surface area contributed by atoms with Gasteiger partial charge in [-0.25, -0.2) is 0 Å². The first-order valence-electron chi connectivity index (χ1n) is 8.07. The van der Waals surface area contributed by atoms with Crippen LogP contribution < -0.4 is 5.32 Å². The van der Waals surface area contributed by atoms with E-state index in [2.05, 4.69) is 20.4 Å². The van der Waals surface area contributed by atoms with E-state index in [1.54, 1.807) is 49.8 Å². The van der Waals surface area contributed by atoms with Gasteiger partial charge in [-0.1, -0.05) is 11.2 Å². The number of hydrogen-bond donors (Lipinski definition) is 2. The van der Waals surface area contributed by atoms with Gasteiger partial charge in [0.2, 0.25) is 11.7 Å². The number of rotatable bonds is 7. The average molecular weight is 367 g/mol. The Balaban J connectivity index is 1.67. The predicted molar refractivity (Wildman–Crippen MR) is 95.9 cm³/mol. The molecule has 3 rings (SSSR count). The van der Waals surface area contributed by atoms with Crippen molar-refractivity contribution in [3.8, 4) is 11.4 Å². The van der Waals surface area contributed by atoms with Crippen molar-refractivity contribution in [1.82, 2.24) is 20.0 Å². The standard InChI is InChI=1S/C18H17N5O4/c1-23(11-15-21-17(22-27-15)13-5-3-7-19-9-13)18(26)12-4-2-6-14(8-12)20-10-16(24)25/h2-9,20H,10-11H2,1H3,(H,24,25). The summed E-state index contributed by atoms with van der Waals surface area (Å²) in [6.07, 6.45) is 3.27. The summed E-state index contributed by atoms with van der Waals surface area (Å²) in [5, 5.41) is 15.4. The van der Waals surface area contributed by atoms with Crippen LogP contribution in [0.5, 0.6) is 0 Å². The maximum atomic E-state index is 12.6. The van der Waals surface area contributed by atoms with Crippen LogP contribution in [0.4, 0.5) is 5.69 Å². The van der Waals surface area contributed by atoms with Crippen molar-refractivity contribution < 1.29 is 19.2 Å². The third-order valence-electron chi connectivity index (χ3n) is 3.66. The summed E-state index contributed by atoms with van der Waals surface area (Å²) in [5.41, 5.74) is 1.69. The Bertz CT molecular complexity index is 942. The van der Waals surface area contributed by atoms with E-state index in [9.17, 15) is 9.59 Å². The zero-order chi connectivity index (χ0) is 19.2. The lowest BCUT2D eigenvalue weighted by Crippen LogP contribution is -2.26. The summed E-state index contributed by atoms with van der Waals surface area (Å²) in [6, 6.07) is 10.2. The molecule has 0 saturated heterocycles. The molecule has 2 aromatic heterocycles. The molecular weight excluding hydrogens is 350 g/mol. The number of hydrogen-bond acceptors (Lipinski definition) is 7. The molecule has 1 amide bonds. The summed E-state index contributed by atoms with van der Waals surface area (Å²) in [6.45, 7) is -0.0918. The summed E-state index contributed by atoms with van der Waals surface area (Å²) >= 11 is 0. The number of anilines is 1. The molecule has 2 heterocycles. The molecule has 0 bridgehead atoms. The Morgan fingerprint density at radius 2 is 2.11 bits per heavy atom. The Kier molecular flexibility index (Phi) is 5.41. The topological polar surface area (TPSA) is 121 Å². The smallest absolute Gasteiger partial charge is 0.322 e. The second-order valence-corrected chi connectivity index (χ2v) is 5.74. The molecule has 138 valence electrons. The monoisotopic (exact) mass is 367 g/mol. The van der Waals surface area contributed by atoms with Crippen LogP contribution in [0, 0.1) is 0 Å². The zero-order valence-corrected chi connectivity index (χ0v) is 14.5. The van der Waals surface area contributed by atoms with Crippen LogP contribution in [0.2, 0.25) is 0 Å². The SMILES string of the molecule is CN(Cc1nc(-c2cccnc2)no1)C(=O)c1cccc(NCC(=O)O)c1. The number of aromatic nitrogens is 3. The summed E-state index contributed by atoms with van der Waals surface area (Å²) in [5.74, 6) is -0.538. The van der Waals surface area contributed by atoms with Crippen molar-refractivity contribution in [2.24, 2.45) is 0 Å². The highest BCUT2D eigenvalue weighted by Gasteiger charge is 2.16. The van der Waals surface area contributed by atoms with E-state index in [1.807, 2.05) is 6.07 Å². The molecule has 0 aliphatic carbocycles. The van der Waals surface area contributed by atoms with E-state index in [4.69, 9.17) is 9.63 Å². The normalized spacial score (nSPS) is 10.4. The van der Waals surface area contributed by atoms with Gasteiger partial charge in [0.1, 0.15) is 6.54 Å². The van der Waals surface area contributed by atoms with E-state index in [-0.39, 0.29) is 19.0 Å². The van der Waals surface area contributed by atoms with Crippen LogP contribution in [0.25, 0.3) is 11.4 Å². The van der Waals surface area contributed by atoms with Gasteiger partial charge in [0, 0.05) is 36.3 Å². The largest absolute Gasteiger partial charge is 0.480 e. The number of carboxylic acid groups (broad SMARTS) is 1. The Morgan fingerprint density at radius 3 is 2.85 bits per heavy atom. The van der Waals surface area contributed by atoms with Gasteiger partial charge in [-0.05, 0) is 30.3 Å². The molecule has 2 N–H and O–H groups in total. The summed E-state index contributed by atoms with van der Waals surface area (Å²) < 4.78 is 5.20. The first kappa shape index (κ1) is 18.1. The van der Waals surface area contributed by atoms with Gasteiger partial charge >= 0.3 is 5.97 Å². The van der Waals surface area contributed by atoms with Crippen LogP contribution in [0.15, 0.2) is 53.3 Å². The molecule has 27 heavy (non-hydrogen) atoms. The van der Waals surface area contributed by atoms with Crippen LogP contribution in [-0.4, -0.2) is 50.6 Å². The summed E-state index contributed by atoms with van der Waals surface area (Å²) in [4.78, 5) is 33.0. The van der Waals surface area contributed by atoms with E-state index in [0.717, 1.165) is 5.56 Å². The molecule has 0 atom stereocenters. The Labute approximate surface area is 154 Å². The highest BCUT2D eigenvalue weighted by atomic mass is 16.5. The van der Waals surface area contributed by atoms with Gasteiger partial charge in [0.15, 0.2) is 0 Å². The number of carbonyl (C=O) groups excluding carboxylic acids is 1. The van der Waals surface area contributed by atoms with Crippen LogP contribution in [0.1, 0.15) is 16.2 Å². The number of carbonyl (C=O) groups is 2. The highest BCUT2D eigenvalue weighted by Crippen LogP contribution is 2.16. The molecular formula is C18H17N5O4. The third kappa shape index (κ3) is 4.66. The minimum Gasteiger partial charge on any atom is -0.480 e. The first-order chi connectivity index (χ1) is 13.0. The van der Waals surface area contributed by atoms with E-state index >= 15 is 0 Å². The minimum absolute atomic E-state index is 0.138. The van der Waals surface area contributed by atoms with Crippen molar-refractivity contribution in [3.63, 3.8) is 0 Å². The van der Waals surface area contributed by atoms with Crippen molar-refractivity contribution >= 4 is 17.6 Å². The fourth-order valence-electron chi connectivity index (χ4n) is 2.37. The number of aliphatic carboxylic acids is 1. The Morgan fingerprint density at radius 1 is 1.26 bits per heavy atom. The molecule has 9 heteroatoms. The lowest BCUT2D eigenvalue weighted by molar-refractivity contribution is -0.134. The fourth-order valence-corrected chi connectivity index (χ4v) is 2.37. The van der Waals surface area contributed by atoms with Crippen LogP contribution in [0.3, 0.4) is 0 Å². The molecule has 0 aliphatic rings. The minimum atomic E-state index is -0.982. The molecule has 0 radical (unpaired) electrons. The first-order valence-corrected chi connectivity index (χ1v) is 8.07. The molecule has 9 nitrogen and oxygen atoms in total. The average Bonchev–Trinajstić information content (AvgIpc) is 3.15. The van der Waals surface area contributed by atoms with Gasteiger partial charge in [-0.3, -0.25) is 14.6 Å². The molecule has 3 aromatic rings. The maximum Gasteiger partial charge on any atom is 0.322 e. The molecule has 0 saturated carbocycles. The van der Waals surface area contributed by atoms with Gasteiger partial charge < -0.3 is 19.8 Å². The van der Waals surface area contributed by atoms with E-state index in [1.165, 1.54) is 4.90 Å². The van der Waals surface area contributed by atoms with Gasteiger partial charge in [-0.2, -0.15) is 4.98 Å². The van der Waals surface area contributed by atoms with Crippen LogP contribution >= 0.6 is 0 Å². The van der Waals surface area contributed by atoms with Crippen molar-refractivity contribution in [1.29, 1.82) is 0 Å². The summed E-state index contributed by atoms with van der Waals surface area (Å²) in [7, 11) is 1.62.